The molecule has 2 aromatic rings. The molecule has 1 saturated heterocycles. The zero-order valence-corrected chi connectivity index (χ0v) is 15.4. The predicted molar refractivity (Wildman–Crippen MR) is 100 cm³/mol. The van der Waals surface area contributed by atoms with E-state index in [9.17, 15) is 18.0 Å². The summed E-state index contributed by atoms with van der Waals surface area (Å²) in [5, 5.41) is 5.49. The highest BCUT2D eigenvalue weighted by molar-refractivity contribution is 6.00. The molecule has 5 nitrogen and oxygen atoms in total. The van der Waals surface area contributed by atoms with Crippen LogP contribution in [0.4, 0.5) is 13.2 Å². The van der Waals surface area contributed by atoms with E-state index in [0.717, 1.165) is 5.56 Å². The van der Waals surface area contributed by atoms with Crippen molar-refractivity contribution in [2.45, 2.75) is 12.2 Å². The van der Waals surface area contributed by atoms with Gasteiger partial charge in [0.2, 0.25) is 0 Å². The van der Waals surface area contributed by atoms with E-state index in [1.807, 2.05) is 30.3 Å². The van der Waals surface area contributed by atoms with Crippen LogP contribution in [0.25, 0.3) is 11.1 Å². The SMILES string of the molecule is Cl.O=C(NCC(N1CCNCC1)C(F)(F)F)c1c[nH]cc1-c1ccccc1. The summed E-state index contributed by atoms with van der Waals surface area (Å²) >= 11 is 0. The maximum Gasteiger partial charge on any atom is 0.405 e. The fourth-order valence-corrected chi connectivity index (χ4v) is 3.14. The van der Waals surface area contributed by atoms with Gasteiger partial charge in [-0.1, -0.05) is 30.3 Å². The highest BCUT2D eigenvalue weighted by atomic mass is 35.5. The standard InChI is InChI=1S/C18H21F3N4O.ClH/c19-18(20,21)16(25-8-6-22-7-9-25)12-24-17(26)15-11-23-10-14(15)13-4-2-1-3-5-13;/h1-5,10-11,16,22-23H,6-9,12H2,(H,24,26);1H. The number of hydrogen-bond acceptors (Lipinski definition) is 3. The number of carbonyl (C=O) groups is 1. The molecule has 3 N–H and O–H groups in total. The van der Waals surface area contributed by atoms with Crippen LogP contribution in [0.1, 0.15) is 10.4 Å². The quantitative estimate of drug-likeness (QED) is 0.720. The molecule has 1 amide bonds. The van der Waals surface area contributed by atoms with E-state index in [1.165, 1.54) is 11.1 Å². The number of alkyl halides is 3. The van der Waals surface area contributed by atoms with Gasteiger partial charge in [0, 0.05) is 50.7 Å². The lowest BCUT2D eigenvalue weighted by Gasteiger charge is -2.35. The van der Waals surface area contributed by atoms with E-state index >= 15 is 0 Å². The normalized spacial score (nSPS) is 16.4. The van der Waals surface area contributed by atoms with Gasteiger partial charge < -0.3 is 15.6 Å². The van der Waals surface area contributed by atoms with Crippen LogP contribution in [0.15, 0.2) is 42.7 Å². The lowest BCUT2D eigenvalue weighted by Crippen LogP contribution is -2.57. The zero-order chi connectivity index (χ0) is 18.6. The molecular weight excluding hydrogens is 381 g/mol. The third-order valence-electron chi connectivity index (χ3n) is 4.50. The number of aromatic amines is 1. The number of carbonyl (C=O) groups excluding carboxylic acids is 1. The second-order valence-electron chi connectivity index (χ2n) is 6.20. The molecule has 3 rings (SSSR count). The fraction of sp³-hybridized carbons (Fsp3) is 0.389. The van der Waals surface area contributed by atoms with Crippen LogP contribution in [-0.4, -0.2) is 60.7 Å². The Morgan fingerprint density at radius 1 is 1.15 bits per heavy atom. The smallest absolute Gasteiger partial charge is 0.366 e. The molecule has 9 heteroatoms. The van der Waals surface area contributed by atoms with E-state index in [4.69, 9.17) is 0 Å². The summed E-state index contributed by atoms with van der Waals surface area (Å²) in [5.41, 5.74) is 1.82. The van der Waals surface area contributed by atoms with Crippen LogP contribution in [0.5, 0.6) is 0 Å². The Bertz CT molecular complexity index is 730. The molecule has 1 aromatic carbocycles. The second-order valence-corrected chi connectivity index (χ2v) is 6.20. The zero-order valence-electron chi connectivity index (χ0n) is 14.6. The van der Waals surface area contributed by atoms with Crippen molar-refractivity contribution in [3.05, 3.63) is 48.3 Å². The van der Waals surface area contributed by atoms with Crippen molar-refractivity contribution in [1.29, 1.82) is 0 Å². The van der Waals surface area contributed by atoms with Gasteiger partial charge in [-0.15, -0.1) is 12.4 Å². The summed E-state index contributed by atoms with van der Waals surface area (Å²) < 4.78 is 40.3. The van der Waals surface area contributed by atoms with Crippen molar-refractivity contribution in [1.82, 2.24) is 20.5 Å². The van der Waals surface area contributed by atoms with Crippen LogP contribution in [0.3, 0.4) is 0 Å². The first-order chi connectivity index (χ1) is 12.5. The van der Waals surface area contributed by atoms with Gasteiger partial charge in [-0.25, -0.2) is 0 Å². The Kier molecular flexibility index (Phi) is 7.29. The summed E-state index contributed by atoms with van der Waals surface area (Å²) in [7, 11) is 0. The summed E-state index contributed by atoms with van der Waals surface area (Å²) in [6, 6.07) is 7.55. The number of nitrogens with one attached hydrogen (secondary N) is 3. The molecular formula is C18H22ClF3N4O. The average molecular weight is 403 g/mol. The maximum absolute atomic E-state index is 13.4. The average Bonchev–Trinajstić information content (AvgIpc) is 3.12. The van der Waals surface area contributed by atoms with Crippen LogP contribution in [0, 0.1) is 0 Å². The third kappa shape index (κ3) is 5.24. The molecule has 1 aliphatic heterocycles. The third-order valence-corrected chi connectivity index (χ3v) is 4.50. The molecule has 2 heterocycles. The van der Waals surface area contributed by atoms with Gasteiger partial charge in [0.05, 0.1) is 5.56 Å². The van der Waals surface area contributed by atoms with Crippen molar-refractivity contribution in [3.63, 3.8) is 0 Å². The molecule has 1 fully saturated rings. The van der Waals surface area contributed by atoms with E-state index in [2.05, 4.69) is 15.6 Å². The van der Waals surface area contributed by atoms with Crippen molar-refractivity contribution in [2.24, 2.45) is 0 Å². The molecule has 0 saturated carbocycles. The number of rotatable bonds is 5. The number of H-pyrrole nitrogens is 1. The highest BCUT2D eigenvalue weighted by Gasteiger charge is 2.43. The first-order valence-corrected chi connectivity index (χ1v) is 8.48. The molecule has 0 aliphatic carbocycles. The minimum atomic E-state index is -4.40. The number of benzene rings is 1. The van der Waals surface area contributed by atoms with Crippen LogP contribution in [0.2, 0.25) is 0 Å². The second kappa shape index (κ2) is 9.25. The molecule has 1 atom stereocenters. The predicted octanol–water partition coefficient (Wildman–Crippen LogP) is 2.67. The molecule has 1 unspecified atom stereocenters. The minimum absolute atomic E-state index is 0. The van der Waals surface area contributed by atoms with E-state index < -0.39 is 24.7 Å². The van der Waals surface area contributed by atoms with Crippen LogP contribution in [-0.2, 0) is 0 Å². The van der Waals surface area contributed by atoms with Crippen molar-refractivity contribution < 1.29 is 18.0 Å². The maximum atomic E-state index is 13.4. The number of piperazine rings is 1. The Balaban J connectivity index is 0.00000261. The number of hydrogen-bond donors (Lipinski definition) is 3. The minimum Gasteiger partial charge on any atom is -0.366 e. The lowest BCUT2D eigenvalue weighted by molar-refractivity contribution is -0.183. The molecule has 0 radical (unpaired) electrons. The van der Waals surface area contributed by atoms with Crippen molar-refractivity contribution in [3.8, 4) is 11.1 Å². The van der Waals surface area contributed by atoms with Crippen LogP contribution < -0.4 is 10.6 Å². The van der Waals surface area contributed by atoms with Crippen LogP contribution >= 0.6 is 12.4 Å². The highest BCUT2D eigenvalue weighted by Crippen LogP contribution is 2.26. The molecule has 0 bridgehead atoms. The Labute approximate surface area is 161 Å². The van der Waals surface area contributed by atoms with E-state index in [-0.39, 0.29) is 12.4 Å². The van der Waals surface area contributed by atoms with Gasteiger partial charge >= 0.3 is 6.18 Å². The largest absolute Gasteiger partial charge is 0.405 e. The Hall–Kier alpha value is -2.03. The summed E-state index contributed by atoms with van der Waals surface area (Å²) in [6.07, 6.45) is -1.22. The molecule has 1 aliphatic rings. The number of halogens is 4. The van der Waals surface area contributed by atoms with Gasteiger partial charge in [0.1, 0.15) is 6.04 Å². The first-order valence-electron chi connectivity index (χ1n) is 8.48. The van der Waals surface area contributed by atoms with Gasteiger partial charge in [-0.3, -0.25) is 9.69 Å². The van der Waals surface area contributed by atoms with E-state index in [1.54, 1.807) is 6.20 Å². The Morgan fingerprint density at radius 3 is 2.44 bits per heavy atom. The molecule has 27 heavy (non-hydrogen) atoms. The monoisotopic (exact) mass is 402 g/mol. The van der Waals surface area contributed by atoms with E-state index in [0.29, 0.717) is 37.3 Å². The molecule has 0 spiro atoms. The van der Waals surface area contributed by atoms with Gasteiger partial charge in [0.15, 0.2) is 0 Å². The summed E-state index contributed by atoms with van der Waals surface area (Å²) in [6.45, 7) is 1.16. The van der Waals surface area contributed by atoms with Gasteiger partial charge in [-0.05, 0) is 5.56 Å². The summed E-state index contributed by atoms with van der Waals surface area (Å²) in [4.78, 5) is 16.7. The van der Waals surface area contributed by atoms with Crippen molar-refractivity contribution in [2.75, 3.05) is 32.7 Å². The van der Waals surface area contributed by atoms with Gasteiger partial charge in [-0.2, -0.15) is 13.2 Å². The first kappa shape index (κ1) is 21.3. The molecule has 1 aromatic heterocycles. The Morgan fingerprint density at radius 2 is 1.81 bits per heavy atom. The molecule has 148 valence electrons. The summed E-state index contributed by atoms with van der Waals surface area (Å²) in [5.74, 6) is -0.519. The fourth-order valence-electron chi connectivity index (χ4n) is 3.14. The lowest BCUT2D eigenvalue weighted by atomic mass is 10.0. The number of amides is 1. The van der Waals surface area contributed by atoms with Crippen molar-refractivity contribution >= 4 is 18.3 Å². The van der Waals surface area contributed by atoms with Gasteiger partial charge in [0.25, 0.3) is 5.91 Å². The number of aromatic nitrogens is 1. The topological polar surface area (TPSA) is 60.2 Å². The number of nitrogens with zero attached hydrogens (tertiary/aromatic N) is 1.